The van der Waals surface area contributed by atoms with E-state index in [1.54, 1.807) is 24.4 Å². The van der Waals surface area contributed by atoms with Crippen molar-refractivity contribution in [3.63, 3.8) is 0 Å². The van der Waals surface area contributed by atoms with Gasteiger partial charge in [0.15, 0.2) is 0 Å². The lowest BCUT2D eigenvalue weighted by Crippen LogP contribution is -2.26. The molecule has 1 atom stereocenters. The lowest BCUT2D eigenvalue weighted by atomic mass is 10.0. The third-order valence-corrected chi connectivity index (χ3v) is 6.90. The Morgan fingerprint density at radius 2 is 1.92 bits per heavy atom. The third-order valence-electron chi connectivity index (χ3n) is 6.13. The quantitative estimate of drug-likeness (QED) is 0.210. The summed E-state index contributed by atoms with van der Waals surface area (Å²) in [6.07, 6.45) is 0.881. The topological polar surface area (TPSA) is 140 Å². The van der Waals surface area contributed by atoms with Gasteiger partial charge in [0.2, 0.25) is 0 Å². The number of nitrogens with one attached hydrogen (secondary N) is 1. The predicted octanol–water partition coefficient (Wildman–Crippen LogP) is 5.36. The summed E-state index contributed by atoms with van der Waals surface area (Å²) in [5.74, 6) is -0.284. The summed E-state index contributed by atoms with van der Waals surface area (Å²) in [6.45, 7) is 0.351. The van der Waals surface area contributed by atoms with Crippen molar-refractivity contribution >= 4 is 55.7 Å². The number of anilines is 1. The minimum atomic E-state index is -0.765. The molecule has 5 rings (SSSR count). The molecule has 2 N–H and O–H groups in total. The first-order valence-corrected chi connectivity index (χ1v) is 12.7. The van der Waals surface area contributed by atoms with E-state index >= 15 is 0 Å². The zero-order valence-electron chi connectivity index (χ0n) is 20.6. The number of nitrogens with zero attached hydrogens (tertiary/aromatic N) is 5. The average Bonchev–Trinajstić information content (AvgIpc) is 3.18. The minimum absolute atomic E-state index is 0.105. The number of carbonyl (C=O) groups is 2. The molecule has 194 valence electrons. The Morgan fingerprint density at radius 3 is 2.69 bits per heavy atom. The van der Waals surface area contributed by atoms with Gasteiger partial charge in [0.25, 0.3) is 11.8 Å². The number of ether oxygens (including phenoxy) is 1. The van der Waals surface area contributed by atoms with E-state index in [9.17, 15) is 20.0 Å². The summed E-state index contributed by atoms with van der Waals surface area (Å²) in [5.41, 5.74) is 2.32. The van der Waals surface area contributed by atoms with Gasteiger partial charge in [0.05, 0.1) is 38.1 Å². The normalized spacial score (nSPS) is 13.5. The summed E-state index contributed by atoms with van der Waals surface area (Å²) in [6, 6.07) is 19.7. The van der Waals surface area contributed by atoms with Gasteiger partial charge >= 0.3 is 0 Å². The van der Waals surface area contributed by atoms with Crippen LogP contribution in [0, 0.1) is 11.3 Å². The van der Waals surface area contributed by atoms with Crippen molar-refractivity contribution in [2.45, 2.75) is 6.10 Å². The molecule has 0 bridgehead atoms. The van der Waals surface area contributed by atoms with Gasteiger partial charge in [-0.1, -0.05) is 18.2 Å². The number of amides is 2. The van der Waals surface area contributed by atoms with Crippen LogP contribution in [0.3, 0.4) is 0 Å². The highest BCUT2D eigenvalue weighted by molar-refractivity contribution is 9.10. The molecule has 1 aromatic heterocycles. The molecule has 10 nitrogen and oxygen atoms in total. The van der Waals surface area contributed by atoms with E-state index in [4.69, 9.17) is 4.74 Å². The third kappa shape index (κ3) is 5.07. The monoisotopic (exact) mass is 584 g/mol. The summed E-state index contributed by atoms with van der Waals surface area (Å²) in [5, 5.41) is 32.6. The lowest BCUT2D eigenvalue weighted by molar-refractivity contribution is 0.0692. The molecule has 0 aliphatic carbocycles. The number of hydrogen-bond donors (Lipinski definition) is 2. The number of fused-ring (bicyclic) bond motifs is 2. The Hall–Kier alpha value is -4.66. The van der Waals surface area contributed by atoms with Gasteiger partial charge in [0.1, 0.15) is 30.2 Å². The standard InChI is InChI=1S/C28H21BrN6O4/c1-35-27(37)20-12-16(13-30)25(24(29)23(20)28(35)38)34-33-21-9-10-22(26-19(21)8-5-11-31-26)32-14-17(36)15-39-18-6-3-2-4-7-18/h2-12,17,32,36H,14-15H2,1H3. The number of nitriles is 1. The van der Waals surface area contributed by atoms with Gasteiger partial charge in [-0.3, -0.25) is 19.5 Å². The van der Waals surface area contributed by atoms with Gasteiger partial charge in [-0.25, -0.2) is 0 Å². The molecule has 0 saturated heterocycles. The van der Waals surface area contributed by atoms with Crippen molar-refractivity contribution in [2.75, 3.05) is 25.5 Å². The highest BCUT2D eigenvalue weighted by atomic mass is 79.9. The number of rotatable bonds is 8. The molecule has 11 heteroatoms. The SMILES string of the molecule is CN1C(=O)c2cc(C#N)c(N=Nc3ccc(NCC(O)COc4ccccc4)c4ncccc34)c(Br)c2C1=O. The van der Waals surface area contributed by atoms with Crippen molar-refractivity contribution in [3.05, 3.63) is 88.0 Å². The first-order chi connectivity index (χ1) is 18.9. The van der Waals surface area contributed by atoms with Crippen LogP contribution in [0.15, 0.2) is 81.6 Å². The fourth-order valence-corrected chi connectivity index (χ4v) is 4.80. The molecule has 1 unspecified atom stereocenters. The Kier molecular flexibility index (Phi) is 7.31. The van der Waals surface area contributed by atoms with Crippen LogP contribution in [0.1, 0.15) is 26.3 Å². The molecule has 4 aromatic rings. The van der Waals surface area contributed by atoms with Gasteiger partial charge in [-0.05, 0) is 58.4 Å². The first-order valence-electron chi connectivity index (χ1n) is 11.9. The molecule has 0 radical (unpaired) electrons. The van der Waals surface area contributed by atoms with E-state index in [1.807, 2.05) is 42.5 Å². The lowest BCUT2D eigenvalue weighted by Gasteiger charge is -2.15. The van der Waals surface area contributed by atoms with Crippen LogP contribution < -0.4 is 10.1 Å². The van der Waals surface area contributed by atoms with Crippen LogP contribution in [0.5, 0.6) is 5.75 Å². The molecule has 0 saturated carbocycles. The van der Waals surface area contributed by atoms with E-state index in [1.165, 1.54) is 13.1 Å². The van der Waals surface area contributed by atoms with Crippen molar-refractivity contribution in [1.29, 1.82) is 5.26 Å². The van der Waals surface area contributed by atoms with Crippen molar-refractivity contribution in [1.82, 2.24) is 9.88 Å². The number of para-hydroxylation sites is 1. The summed E-state index contributed by atoms with van der Waals surface area (Å²) >= 11 is 3.36. The molecule has 2 amide bonds. The molecule has 2 heterocycles. The van der Waals surface area contributed by atoms with Crippen LogP contribution in [0.25, 0.3) is 10.9 Å². The molecule has 1 aliphatic rings. The van der Waals surface area contributed by atoms with Crippen LogP contribution in [0.4, 0.5) is 17.1 Å². The molecular formula is C28H21BrN6O4. The second-order valence-electron chi connectivity index (χ2n) is 8.68. The number of carbonyl (C=O) groups excluding carboxylic acids is 2. The van der Waals surface area contributed by atoms with E-state index in [0.29, 0.717) is 28.0 Å². The number of azo groups is 1. The van der Waals surface area contributed by atoms with E-state index in [2.05, 4.69) is 36.5 Å². The maximum absolute atomic E-state index is 12.6. The van der Waals surface area contributed by atoms with E-state index in [-0.39, 0.29) is 40.0 Å². The smallest absolute Gasteiger partial charge is 0.262 e. The molecular weight excluding hydrogens is 564 g/mol. The molecule has 3 aromatic carbocycles. The van der Waals surface area contributed by atoms with Gasteiger partial charge in [0, 0.05) is 25.2 Å². The Labute approximate surface area is 231 Å². The van der Waals surface area contributed by atoms with Crippen molar-refractivity contribution < 1.29 is 19.4 Å². The average molecular weight is 585 g/mol. The fourth-order valence-electron chi connectivity index (χ4n) is 4.13. The van der Waals surface area contributed by atoms with Crippen LogP contribution >= 0.6 is 15.9 Å². The van der Waals surface area contributed by atoms with E-state index in [0.717, 1.165) is 4.90 Å². The number of benzene rings is 3. The number of aliphatic hydroxyl groups is 1. The van der Waals surface area contributed by atoms with Crippen LogP contribution in [-0.2, 0) is 0 Å². The first kappa shape index (κ1) is 26.0. The van der Waals surface area contributed by atoms with Crippen molar-refractivity contribution in [3.8, 4) is 11.8 Å². The minimum Gasteiger partial charge on any atom is -0.491 e. The number of halogens is 1. The zero-order valence-corrected chi connectivity index (χ0v) is 22.2. The zero-order chi connectivity index (χ0) is 27.5. The predicted molar refractivity (Wildman–Crippen MR) is 148 cm³/mol. The maximum Gasteiger partial charge on any atom is 0.262 e. The summed E-state index contributed by atoms with van der Waals surface area (Å²) in [7, 11) is 1.38. The number of hydrogen-bond acceptors (Lipinski definition) is 9. The number of aliphatic hydroxyl groups excluding tert-OH is 1. The molecule has 0 fully saturated rings. The number of aromatic nitrogens is 1. The fraction of sp³-hybridized carbons (Fsp3) is 0.143. The van der Waals surface area contributed by atoms with Crippen LogP contribution in [0.2, 0.25) is 0 Å². The number of pyridine rings is 1. The second kappa shape index (κ2) is 11.0. The van der Waals surface area contributed by atoms with Gasteiger partial charge < -0.3 is 15.2 Å². The van der Waals surface area contributed by atoms with E-state index < -0.39 is 17.9 Å². The van der Waals surface area contributed by atoms with Crippen LogP contribution in [-0.4, -0.2) is 53.1 Å². The Bertz CT molecular complexity index is 1670. The van der Waals surface area contributed by atoms with Gasteiger partial charge in [-0.2, -0.15) is 5.26 Å². The summed E-state index contributed by atoms with van der Waals surface area (Å²) in [4.78, 5) is 30.4. The Balaban J connectivity index is 1.39. The largest absolute Gasteiger partial charge is 0.491 e. The maximum atomic E-state index is 12.6. The highest BCUT2D eigenvalue weighted by Crippen LogP contribution is 2.40. The second-order valence-corrected chi connectivity index (χ2v) is 9.47. The van der Waals surface area contributed by atoms with Gasteiger partial charge in [-0.15, -0.1) is 10.2 Å². The molecule has 39 heavy (non-hydrogen) atoms. The number of imide groups is 1. The summed E-state index contributed by atoms with van der Waals surface area (Å²) < 4.78 is 5.84. The highest BCUT2D eigenvalue weighted by Gasteiger charge is 2.37. The van der Waals surface area contributed by atoms with Crippen molar-refractivity contribution in [2.24, 2.45) is 10.2 Å². The molecule has 0 spiro atoms. The molecule has 1 aliphatic heterocycles. The Morgan fingerprint density at radius 1 is 1.13 bits per heavy atom.